The lowest BCUT2D eigenvalue weighted by molar-refractivity contribution is 0.0736. The number of carbonyl (C=O) groups is 1. The number of nitrogens with one attached hydrogen (secondary N) is 1. The molecule has 1 aromatic heterocycles. The molecule has 3 aromatic carbocycles. The number of hydrogen-bond acceptors (Lipinski definition) is 2. The Morgan fingerprint density at radius 2 is 1.69 bits per heavy atom. The van der Waals surface area contributed by atoms with E-state index in [-0.39, 0.29) is 11.9 Å². The van der Waals surface area contributed by atoms with E-state index < -0.39 is 0 Å². The van der Waals surface area contributed by atoms with Gasteiger partial charge in [-0.1, -0.05) is 48.5 Å². The Labute approximate surface area is 169 Å². The summed E-state index contributed by atoms with van der Waals surface area (Å²) >= 11 is 0. The van der Waals surface area contributed by atoms with Gasteiger partial charge in [-0.05, 0) is 42.3 Å². The monoisotopic (exact) mass is 382 g/mol. The Bertz CT molecular complexity index is 1210. The fraction of sp³-hybridized carbons (Fsp3) is 0.160. The molecule has 0 unspecified atom stereocenters. The number of aromatic nitrogens is 1. The van der Waals surface area contributed by atoms with Crippen LogP contribution in [0.25, 0.3) is 10.9 Å². The molecule has 5 rings (SSSR count). The molecule has 4 heteroatoms. The molecule has 0 spiro atoms. The predicted molar refractivity (Wildman–Crippen MR) is 114 cm³/mol. The predicted octanol–water partition coefficient (Wildman–Crippen LogP) is 5.23. The highest BCUT2D eigenvalue weighted by atomic mass is 16.5. The fourth-order valence-electron chi connectivity index (χ4n) is 4.42. The average Bonchev–Trinajstić information content (AvgIpc) is 3.22. The topological polar surface area (TPSA) is 45.3 Å². The van der Waals surface area contributed by atoms with Gasteiger partial charge in [-0.25, -0.2) is 0 Å². The van der Waals surface area contributed by atoms with Crippen molar-refractivity contribution in [2.75, 3.05) is 7.11 Å². The third-order valence-corrected chi connectivity index (χ3v) is 5.79. The summed E-state index contributed by atoms with van der Waals surface area (Å²) < 4.78 is 5.27. The molecule has 29 heavy (non-hydrogen) atoms. The van der Waals surface area contributed by atoms with Crippen LogP contribution in [-0.2, 0) is 6.54 Å². The van der Waals surface area contributed by atoms with Crippen LogP contribution in [0.15, 0.2) is 72.8 Å². The molecule has 0 bridgehead atoms. The van der Waals surface area contributed by atoms with Crippen LogP contribution in [0.3, 0.4) is 0 Å². The number of aryl methyl sites for hydroxylation is 1. The van der Waals surface area contributed by atoms with E-state index in [0.717, 1.165) is 33.7 Å². The molecule has 1 atom stereocenters. The number of rotatable bonds is 4. The third-order valence-electron chi connectivity index (χ3n) is 5.79. The molecule has 0 saturated carbocycles. The summed E-state index contributed by atoms with van der Waals surface area (Å²) in [6, 6.07) is 24.1. The number of nitrogens with zero attached hydrogens (tertiary/aromatic N) is 1. The molecule has 2 heterocycles. The Hall–Kier alpha value is -3.53. The number of fused-ring (bicyclic) bond motifs is 2. The summed E-state index contributed by atoms with van der Waals surface area (Å²) in [6.07, 6.45) is 0. The SMILES string of the molecule is COc1ccc(CN2C(=O)c3ccccc3[C@H]2c2c(C)[nH]c3ccccc23)cc1. The lowest BCUT2D eigenvalue weighted by atomic mass is 9.95. The van der Waals surface area contributed by atoms with E-state index in [1.165, 1.54) is 10.9 Å². The molecule has 0 aliphatic carbocycles. The van der Waals surface area contributed by atoms with Gasteiger partial charge in [0.2, 0.25) is 0 Å². The average molecular weight is 382 g/mol. The molecule has 1 aliphatic rings. The van der Waals surface area contributed by atoms with Gasteiger partial charge in [0.15, 0.2) is 0 Å². The Balaban J connectivity index is 1.64. The van der Waals surface area contributed by atoms with Crippen molar-refractivity contribution >= 4 is 16.8 Å². The van der Waals surface area contributed by atoms with Crippen LogP contribution in [0, 0.1) is 6.92 Å². The van der Waals surface area contributed by atoms with Gasteiger partial charge in [-0.3, -0.25) is 4.79 Å². The van der Waals surface area contributed by atoms with Crippen molar-refractivity contribution in [2.45, 2.75) is 19.5 Å². The van der Waals surface area contributed by atoms with Crippen molar-refractivity contribution < 1.29 is 9.53 Å². The first-order valence-corrected chi connectivity index (χ1v) is 9.77. The van der Waals surface area contributed by atoms with E-state index in [0.29, 0.717) is 6.54 Å². The molecule has 1 amide bonds. The fourth-order valence-corrected chi connectivity index (χ4v) is 4.42. The Morgan fingerprint density at radius 3 is 2.48 bits per heavy atom. The summed E-state index contributed by atoms with van der Waals surface area (Å²) in [5.74, 6) is 0.889. The van der Waals surface area contributed by atoms with Crippen molar-refractivity contribution in [1.82, 2.24) is 9.88 Å². The van der Waals surface area contributed by atoms with Crippen LogP contribution >= 0.6 is 0 Å². The van der Waals surface area contributed by atoms with Gasteiger partial charge in [0.25, 0.3) is 5.91 Å². The zero-order valence-electron chi connectivity index (χ0n) is 16.5. The van der Waals surface area contributed by atoms with Gasteiger partial charge in [0.1, 0.15) is 5.75 Å². The number of methoxy groups -OCH3 is 1. The van der Waals surface area contributed by atoms with Crippen molar-refractivity contribution in [3.63, 3.8) is 0 Å². The second-order valence-corrected chi connectivity index (χ2v) is 7.48. The minimum atomic E-state index is -0.114. The van der Waals surface area contributed by atoms with Crippen LogP contribution in [0.2, 0.25) is 0 Å². The van der Waals surface area contributed by atoms with E-state index in [4.69, 9.17) is 4.74 Å². The summed E-state index contributed by atoms with van der Waals surface area (Å²) in [7, 11) is 1.66. The van der Waals surface area contributed by atoms with Gasteiger partial charge >= 0.3 is 0 Å². The molecule has 4 aromatic rings. The molecule has 0 fully saturated rings. The maximum atomic E-state index is 13.4. The number of para-hydroxylation sites is 1. The van der Waals surface area contributed by atoms with E-state index in [1.54, 1.807) is 7.11 Å². The van der Waals surface area contributed by atoms with Crippen LogP contribution < -0.4 is 4.74 Å². The summed E-state index contributed by atoms with van der Waals surface area (Å²) in [5, 5.41) is 1.17. The van der Waals surface area contributed by atoms with Crippen molar-refractivity contribution in [3.8, 4) is 5.75 Å². The van der Waals surface area contributed by atoms with Crippen LogP contribution in [-0.4, -0.2) is 22.9 Å². The number of hydrogen-bond donors (Lipinski definition) is 1. The van der Waals surface area contributed by atoms with Crippen LogP contribution in [0.5, 0.6) is 5.75 Å². The molecule has 0 saturated heterocycles. The first kappa shape index (κ1) is 17.6. The smallest absolute Gasteiger partial charge is 0.255 e. The van der Waals surface area contributed by atoms with Gasteiger partial charge < -0.3 is 14.6 Å². The second kappa shape index (κ2) is 6.82. The lowest BCUT2D eigenvalue weighted by Crippen LogP contribution is -2.28. The first-order valence-electron chi connectivity index (χ1n) is 9.77. The highest BCUT2D eigenvalue weighted by Gasteiger charge is 2.39. The normalized spacial score (nSPS) is 15.7. The quantitative estimate of drug-likeness (QED) is 0.525. The maximum absolute atomic E-state index is 13.4. The van der Waals surface area contributed by atoms with E-state index in [1.807, 2.05) is 53.4 Å². The van der Waals surface area contributed by atoms with Gasteiger partial charge in [-0.2, -0.15) is 0 Å². The number of carbonyl (C=O) groups excluding carboxylic acids is 1. The molecule has 144 valence electrons. The number of aromatic amines is 1. The van der Waals surface area contributed by atoms with Gasteiger partial charge in [0.05, 0.1) is 13.2 Å². The van der Waals surface area contributed by atoms with Crippen LogP contribution in [0.1, 0.15) is 38.8 Å². The number of H-pyrrole nitrogens is 1. The van der Waals surface area contributed by atoms with E-state index in [9.17, 15) is 4.79 Å². The first-order chi connectivity index (χ1) is 14.2. The zero-order chi connectivity index (χ0) is 20.0. The molecule has 1 aliphatic heterocycles. The van der Waals surface area contributed by atoms with Crippen molar-refractivity contribution in [3.05, 3.63) is 101 Å². The number of amides is 1. The number of ether oxygens (including phenoxy) is 1. The Kier molecular flexibility index (Phi) is 4.13. The zero-order valence-corrected chi connectivity index (χ0v) is 16.5. The number of benzene rings is 3. The third kappa shape index (κ3) is 2.80. The van der Waals surface area contributed by atoms with Gasteiger partial charge in [0, 0.05) is 34.3 Å². The minimum absolute atomic E-state index is 0.0751. The van der Waals surface area contributed by atoms with E-state index >= 15 is 0 Å². The summed E-state index contributed by atoms with van der Waals surface area (Å²) in [5.41, 5.74) is 6.30. The highest BCUT2D eigenvalue weighted by molar-refractivity contribution is 6.01. The van der Waals surface area contributed by atoms with Crippen molar-refractivity contribution in [2.24, 2.45) is 0 Å². The second-order valence-electron chi connectivity index (χ2n) is 7.48. The molecule has 4 nitrogen and oxygen atoms in total. The standard InChI is InChI=1S/C25H22N2O2/c1-16-23(21-9-5-6-10-22(21)26-16)24-19-7-3-4-8-20(19)25(28)27(24)15-17-11-13-18(29-2)14-12-17/h3-14,24,26H,15H2,1-2H3/t24-/m0/s1. The maximum Gasteiger partial charge on any atom is 0.255 e. The molecular formula is C25H22N2O2. The lowest BCUT2D eigenvalue weighted by Gasteiger charge is -2.26. The van der Waals surface area contributed by atoms with Gasteiger partial charge in [-0.15, -0.1) is 0 Å². The molecule has 1 N–H and O–H groups in total. The molecule has 0 radical (unpaired) electrons. The Morgan fingerprint density at radius 1 is 0.966 bits per heavy atom. The minimum Gasteiger partial charge on any atom is -0.497 e. The summed E-state index contributed by atoms with van der Waals surface area (Å²) in [6.45, 7) is 2.63. The van der Waals surface area contributed by atoms with E-state index in [2.05, 4.69) is 36.2 Å². The van der Waals surface area contributed by atoms with Crippen LogP contribution in [0.4, 0.5) is 0 Å². The largest absolute Gasteiger partial charge is 0.497 e. The summed E-state index contributed by atoms with van der Waals surface area (Å²) in [4.78, 5) is 18.8. The van der Waals surface area contributed by atoms with Crippen molar-refractivity contribution in [1.29, 1.82) is 0 Å². The highest BCUT2D eigenvalue weighted by Crippen LogP contribution is 2.43. The molecular weight excluding hydrogens is 360 g/mol.